The Balaban J connectivity index is 1.39. The highest BCUT2D eigenvalue weighted by Crippen LogP contribution is 2.34. The van der Waals surface area contributed by atoms with E-state index in [-0.39, 0.29) is 29.8 Å². The predicted molar refractivity (Wildman–Crippen MR) is 107 cm³/mol. The number of hydrogen-bond donors (Lipinski definition) is 1. The zero-order valence-corrected chi connectivity index (χ0v) is 17.1. The van der Waals surface area contributed by atoms with Gasteiger partial charge in [0.1, 0.15) is 19.0 Å². The van der Waals surface area contributed by atoms with Crippen LogP contribution in [-0.4, -0.2) is 49.9 Å². The fraction of sp³-hybridized carbons (Fsp3) is 0.368. The quantitative estimate of drug-likeness (QED) is 0.789. The number of ether oxygens (including phenoxy) is 2. The molecule has 3 heterocycles. The van der Waals surface area contributed by atoms with Gasteiger partial charge in [0.15, 0.2) is 11.5 Å². The van der Waals surface area contributed by atoms with Crippen LogP contribution in [0, 0.1) is 5.92 Å². The largest absolute Gasteiger partial charge is 0.486 e. The molecule has 1 aromatic heterocycles. The van der Waals surface area contributed by atoms with E-state index >= 15 is 0 Å². The maximum absolute atomic E-state index is 13.0. The van der Waals surface area contributed by atoms with Crippen LogP contribution in [0.1, 0.15) is 12.8 Å². The molecule has 10 heteroatoms. The van der Waals surface area contributed by atoms with Crippen molar-refractivity contribution in [3.8, 4) is 11.5 Å². The zero-order valence-electron chi connectivity index (χ0n) is 15.5. The number of fused-ring (bicyclic) bond motifs is 1. The fourth-order valence-electron chi connectivity index (χ4n) is 3.37. The molecule has 0 unspecified atom stereocenters. The lowest BCUT2D eigenvalue weighted by molar-refractivity contribution is -0.120. The highest BCUT2D eigenvalue weighted by Gasteiger charge is 2.33. The van der Waals surface area contributed by atoms with Crippen molar-refractivity contribution in [2.45, 2.75) is 17.7 Å². The van der Waals surface area contributed by atoms with Crippen molar-refractivity contribution in [1.29, 1.82) is 0 Å². The molecule has 1 aromatic carbocycles. The molecule has 154 valence electrons. The SMILES string of the molecule is O=C(Nc1ccc(Cl)cn1)C1CCN(S(=O)(=O)c2ccc3c(c2)OCCO3)CC1. The molecule has 2 aliphatic heterocycles. The van der Waals surface area contributed by atoms with Gasteiger partial charge in [-0.15, -0.1) is 0 Å². The Kier molecular flexibility index (Phi) is 5.62. The first-order chi connectivity index (χ1) is 13.9. The molecular weight excluding hydrogens is 418 g/mol. The van der Waals surface area contributed by atoms with E-state index in [0.29, 0.717) is 48.4 Å². The lowest BCUT2D eigenvalue weighted by Gasteiger charge is -2.30. The van der Waals surface area contributed by atoms with Gasteiger partial charge in [0.25, 0.3) is 0 Å². The van der Waals surface area contributed by atoms with Gasteiger partial charge >= 0.3 is 0 Å². The Hall–Kier alpha value is -2.36. The van der Waals surface area contributed by atoms with E-state index in [1.807, 2.05) is 0 Å². The average molecular weight is 438 g/mol. The Morgan fingerprint density at radius 3 is 2.52 bits per heavy atom. The second kappa shape index (κ2) is 8.17. The van der Waals surface area contributed by atoms with Crippen LogP contribution in [0.3, 0.4) is 0 Å². The number of rotatable bonds is 4. The monoisotopic (exact) mass is 437 g/mol. The molecule has 29 heavy (non-hydrogen) atoms. The van der Waals surface area contributed by atoms with E-state index in [9.17, 15) is 13.2 Å². The first-order valence-electron chi connectivity index (χ1n) is 9.26. The molecule has 0 atom stereocenters. The maximum atomic E-state index is 13.0. The number of halogens is 1. The molecule has 2 aliphatic rings. The summed E-state index contributed by atoms with van der Waals surface area (Å²) in [5, 5.41) is 3.24. The van der Waals surface area contributed by atoms with Crippen molar-refractivity contribution in [1.82, 2.24) is 9.29 Å². The van der Waals surface area contributed by atoms with Crippen LogP contribution in [-0.2, 0) is 14.8 Å². The lowest BCUT2D eigenvalue weighted by Crippen LogP contribution is -2.41. The number of benzene rings is 1. The van der Waals surface area contributed by atoms with Crippen LogP contribution in [0.25, 0.3) is 0 Å². The van der Waals surface area contributed by atoms with Gasteiger partial charge in [-0.2, -0.15) is 4.31 Å². The van der Waals surface area contributed by atoms with E-state index in [4.69, 9.17) is 21.1 Å². The summed E-state index contributed by atoms with van der Waals surface area (Å²) in [4.78, 5) is 16.7. The Morgan fingerprint density at radius 2 is 1.83 bits per heavy atom. The lowest BCUT2D eigenvalue weighted by atomic mass is 9.97. The van der Waals surface area contributed by atoms with E-state index < -0.39 is 10.0 Å². The number of nitrogens with zero attached hydrogens (tertiary/aromatic N) is 2. The van der Waals surface area contributed by atoms with Gasteiger partial charge in [0, 0.05) is 31.3 Å². The molecule has 0 radical (unpaired) electrons. The standard InChI is InChI=1S/C19H20ClN3O5S/c20-14-1-4-18(21-12-14)22-19(24)13-5-7-23(8-6-13)29(25,26)15-2-3-16-17(11-15)28-10-9-27-16/h1-4,11-13H,5-10H2,(H,21,22,24). The van der Waals surface area contributed by atoms with E-state index in [1.165, 1.54) is 22.6 Å². The van der Waals surface area contributed by atoms with Crippen molar-refractivity contribution >= 4 is 33.3 Å². The third kappa shape index (κ3) is 4.31. The summed E-state index contributed by atoms with van der Waals surface area (Å²) in [6.07, 6.45) is 2.33. The highest BCUT2D eigenvalue weighted by atomic mass is 35.5. The molecule has 0 bridgehead atoms. The van der Waals surface area contributed by atoms with Crippen LogP contribution in [0.15, 0.2) is 41.4 Å². The van der Waals surface area contributed by atoms with Crippen LogP contribution in [0.4, 0.5) is 5.82 Å². The van der Waals surface area contributed by atoms with Gasteiger partial charge in [-0.05, 0) is 37.1 Å². The highest BCUT2D eigenvalue weighted by molar-refractivity contribution is 7.89. The minimum atomic E-state index is -3.67. The summed E-state index contributed by atoms with van der Waals surface area (Å²) in [7, 11) is -3.67. The molecule has 1 N–H and O–H groups in total. The molecule has 4 rings (SSSR count). The van der Waals surface area contributed by atoms with Crippen molar-refractivity contribution < 1.29 is 22.7 Å². The van der Waals surface area contributed by atoms with Gasteiger partial charge in [0.2, 0.25) is 15.9 Å². The van der Waals surface area contributed by atoms with E-state index in [0.717, 1.165) is 0 Å². The minimum Gasteiger partial charge on any atom is -0.486 e. The number of carbonyl (C=O) groups is 1. The third-order valence-corrected chi connectivity index (χ3v) is 7.07. The van der Waals surface area contributed by atoms with Gasteiger partial charge in [-0.3, -0.25) is 4.79 Å². The van der Waals surface area contributed by atoms with Crippen LogP contribution in [0.2, 0.25) is 5.02 Å². The Labute approximate surface area is 173 Å². The number of nitrogens with one attached hydrogen (secondary N) is 1. The molecule has 2 aromatic rings. The summed E-state index contributed by atoms with van der Waals surface area (Å²) in [6.45, 7) is 1.37. The van der Waals surface area contributed by atoms with Gasteiger partial charge in [-0.25, -0.2) is 13.4 Å². The second-order valence-electron chi connectivity index (χ2n) is 6.83. The molecule has 1 amide bonds. The number of sulfonamides is 1. The average Bonchev–Trinajstić information content (AvgIpc) is 2.75. The summed E-state index contributed by atoms with van der Waals surface area (Å²) in [5.41, 5.74) is 0. The van der Waals surface area contributed by atoms with Crippen molar-refractivity contribution in [3.05, 3.63) is 41.6 Å². The summed E-state index contributed by atoms with van der Waals surface area (Å²) < 4.78 is 38.3. The molecule has 1 fully saturated rings. The number of amides is 1. The van der Waals surface area contributed by atoms with Crippen LogP contribution >= 0.6 is 11.6 Å². The van der Waals surface area contributed by atoms with Gasteiger partial charge in [-0.1, -0.05) is 11.6 Å². The van der Waals surface area contributed by atoms with Crippen LogP contribution < -0.4 is 14.8 Å². The summed E-state index contributed by atoms with van der Waals surface area (Å²) in [5.74, 6) is 0.949. The molecule has 1 saturated heterocycles. The first-order valence-corrected chi connectivity index (χ1v) is 11.1. The van der Waals surface area contributed by atoms with Gasteiger partial charge < -0.3 is 14.8 Å². The first kappa shape index (κ1) is 19.9. The third-order valence-electron chi connectivity index (χ3n) is 4.95. The Bertz CT molecular complexity index is 1010. The number of aromatic nitrogens is 1. The zero-order chi connectivity index (χ0) is 20.4. The number of hydrogen-bond acceptors (Lipinski definition) is 6. The minimum absolute atomic E-state index is 0.162. The molecule has 0 aliphatic carbocycles. The van der Waals surface area contributed by atoms with Crippen LogP contribution in [0.5, 0.6) is 11.5 Å². The Morgan fingerprint density at radius 1 is 1.10 bits per heavy atom. The molecular formula is C19H20ClN3O5S. The van der Waals surface area contributed by atoms with Gasteiger partial charge in [0.05, 0.1) is 9.92 Å². The topological polar surface area (TPSA) is 97.8 Å². The van der Waals surface area contributed by atoms with E-state index in [1.54, 1.807) is 18.2 Å². The van der Waals surface area contributed by atoms with Crippen molar-refractivity contribution in [3.63, 3.8) is 0 Å². The molecule has 8 nitrogen and oxygen atoms in total. The van der Waals surface area contributed by atoms with E-state index in [2.05, 4.69) is 10.3 Å². The van der Waals surface area contributed by atoms with Crippen molar-refractivity contribution in [2.75, 3.05) is 31.6 Å². The number of pyridine rings is 1. The second-order valence-corrected chi connectivity index (χ2v) is 9.21. The predicted octanol–water partition coefficient (Wildman–Crippen LogP) is 2.55. The number of carbonyl (C=O) groups excluding carboxylic acids is 1. The molecule has 0 saturated carbocycles. The number of piperidine rings is 1. The summed E-state index contributed by atoms with van der Waals surface area (Å²) in [6, 6.07) is 7.90. The maximum Gasteiger partial charge on any atom is 0.243 e. The molecule has 0 spiro atoms. The normalized spacial score (nSPS) is 17.7. The summed E-state index contributed by atoms with van der Waals surface area (Å²) >= 11 is 5.79. The smallest absolute Gasteiger partial charge is 0.243 e. The van der Waals surface area contributed by atoms with Crippen molar-refractivity contribution in [2.24, 2.45) is 5.92 Å². The fourth-order valence-corrected chi connectivity index (χ4v) is 4.97. The number of anilines is 1.